The molecule has 0 saturated heterocycles. The predicted octanol–water partition coefficient (Wildman–Crippen LogP) is 3.02. The lowest BCUT2D eigenvalue weighted by Gasteiger charge is -2.16. The first-order valence-corrected chi connectivity index (χ1v) is 6.40. The highest BCUT2D eigenvalue weighted by Crippen LogP contribution is 2.26. The highest BCUT2D eigenvalue weighted by molar-refractivity contribution is 5.61. The second-order valence-electron chi connectivity index (χ2n) is 4.77. The fourth-order valence-corrected chi connectivity index (χ4v) is 2.57. The van der Waals surface area contributed by atoms with Crippen molar-refractivity contribution in [2.24, 2.45) is 0 Å². The number of imidazole rings is 1. The molecule has 0 bridgehead atoms. The molecule has 18 heavy (non-hydrogen) atoms. The van der Waals surface area contributed by atoms with Crippen molar-refractivity contribution in [1.29, 1.82) is 5.26 Å². The molecule has 0 aliphatic heterocycles. The van der Waals surface area contributed by atoms with E-state index in [0.717, 1.165) is 11.5 Å². The van der Waals surface area contributed by atoms with E-state index in [1.165, 1.54) is 42.4 Å². The van der Waals surface area contributed by atoms with Crippen molar-refractivity contribution in [1.82, 2.24) is 9.97 Å². The SMILES string of the molecule is N#CCc1ncc(-c2ccc3c(c2)CCCC3)[nH]1. The van der Waals surface area contributed by atoms with Gasteiger partial charge in [0.2, 0.25) is 0 Å². The lowest BCUT2D eigenvalue weighted by molar-refractivity contribution is 0.686. The molecule has 0 amide bonds. The molecule has 0 atom stereocenters. The molecule has 2 aromatic rings. The number of fused-ring (bicyclic) bond motifs is 1. The molecule has 1 heterocycles. The number of H-pyrrole nitrogens is 1. The van der Waals surface area contributed by atoms with Gasteiger partial charge >= 0.3 is 0 Å². The monoisotopic (exact) mass is 237 g/mol. The summed E-state index contributed by atoms with van der Waals surface area (Å²) in [5.41, 5.74) is 5.14. The molecule has 1 aliphatic rings. The Morgan fingerprint density at radius 2 is 2.06 bits per heavy atom. The minimum atomic E-state index is 0.338. The van der Waals surface area contributed by atoms with Crippen LogP contribution in [0.2, 0.25) is 0 Å². The first-order valence-electron chi connectivity index (χ1n) is 6.40. The van der Waals surface area contributed by atoms with Crippen LogP contribution in [-0.4, -0.2) is 9.97 Å². The smallest absolute Gasteiger partial charge is 0.120 e. The van der Waals surface area contributed by atoms with Crippen molar-refractivity contribution in [3.05, 3.63) is 41.3 Å². The van der Waals surface area contributed by atoms with E-state index in [2.05, 4.69) is 34.2 Å². The summed E-state index contributed by atoms with van der Waals surface area (Å²) in [6.07, 6.45) is 7.14. The van der Waals surface area contributed by atoms with Crippen molar-refractivity contribution in [2.45, 2.75) is 32.1 Å². The Bertz CT molecular complexity index is 604. The molecular formula is C15H15N3. The Kier molecular flexibility index (Phi) is 2.85. The predicted molar refractivity (Wildman–Crippen MR) is 70.0 cm³/mol. The molecular weight excluding hydrogens is 222 g/mol. The van der Waals surface area contributed by atoms with Crippen LogP contribution in [-0.2, 0) is 19.3 Å². The number of nitriles is 1. The van der Waals surface area contributed by atoms with Crippen molar-refractivity contribution in [3.63, 3.8) is 0 Å². The van der Waals surface area contributed by atoms with E-state index < -0.39 is 0 Å². The zero-order valence-electron chi connectivity index (χ0n) is 10.2. The van der Waals surface area contributed by atoms with Gasteiger partial charge in [-0.1, -0.05) is 12.1 Å². The molecule has 3 rings (SSSR count). The van der Waals surface area contributed by atoms with Crippen molar-refractivity contribution in [2.75, 3.05) is 0 Å². The normalized spacial score (nSPS) is 13.9. The molecule has 90 valence electrons. The van der Waals surface area contributed by atoms with Gasteiger partial charge < -0.3 is 4.98 Å². The second kappa shape index (κ2) is 4.66. The number of rotatable bonds is 2. The second-order valence-corrected chi connectivity index (χ2v) is 4.77. The lowest BCUT2D eigenvalue weighted by atomic mass is 9.90. The molecule has 1 aromatic carbocycles. The summed E-state index contributed by atoms with van der Waals surface area (Å²) < 4.78 is 0. The minimum Gasteiger partial charge on any atom is -0.341 e. The van der Waals surface area contributed by atoms with Gasteiger partial charge in [-0.3, -0.25) is 0 Å². The molecule has 3 nitrogen and oxygen atoms in total. The zero-order valence-corrected chi connectivity index (χ0v) is 10.2. The van der Waals surface area contributed by atoms with Crippen LogP contribution in [0.25, 0.3) is 11.3 Å². The lowest BCUT2D eigenvalue weighted by Crippen LogP contribution is -2.02. The Balaban J connectivity index is 1.93. The van der Waals surface area contributed by atoms with Gasteiger partial charge in [-0.15, -0.1) is 0 Å². The highest BCUT2D eigenvalue weighted by atomic mass is 14.9. The highest BCUT2D eigenvalue weighted by Gasteiger charge is 2.11. The van der Waals surface area contributed by atoms with E-state index >= 15 is 0 Å². The fourth-order valence-electron chi connectivity index (χ4n) is 2.57. The average Bonchev–Trinajstić information content (AvgIpc) is 2.87. The number of aryl methyl sites for hydroxylation is 2. The third-order valence-electron chi connectivity index (χ3n) is 3.53. The first kappa shape index (κ1) is 11.0. The summed E-state index contributed by atoms with van der Waals surface area (Å²) >= 11 is 0. The van der Waals surface area contributed by atoms with Gasteiger partial charge in [-0.25, -0.2) is 4.98 Å². The third-order valence-corrected chi connectivity index (χ3v) is 3.53. The van der Waals surface area contributed by atoms with Gasteiger partial charge in [-0.05, 0) is 48.4 Å². The van der Waals surface area contributed by atoms with Gasteiger partial charge in [0.25, 0.3) is 0 Å². The molecule has 0 radical (unpaired) electrons. The minimum absolute atomic E-state index is 0.338. The van der Waals surface area contributed by atoms with Crippen LogP contribution in [0.1, 0.15) is 29.8 Å². The van der Waals surface area contributed by atoms with Gasteiger partial charge in [-0.2, -0.15) is 5.26 Å². The Morgan fingerprint density at radius 1 is 1.22 bits per heavy atom. The van der Waals surface area contributed by atoms with Crippen LogP contribution in [0.3, 0.4) is 0 Å². The van der Waals surface area contributed by atoms with Crippen molar-refractivity contribution >= 4 is 0 Å². The van der Waals surface area contributed by atoms with Crippen molar-refractivity contribution < 1.29 is 0 Å². The average molecular weight is 237 g/mol. The van der Waals surface area contributed by atoms with E-state index in [1.54, 1.807) is 0 Å². The maximum Gasteiger partial charge on any atom is 0.120 e. The standard InChI is InChI=1S/C15H15N3/c16-8-7-15-17-10-14(18-15)13-6-5-11-3-1-2-4-12(11)9-13/h5-6,9-10H,1-4,7H2,(H,17,18). The van der Waals surface area contributed by atoms with Crippen LogP contribution >= 0.6 is 0 Å². The summed E-state index contributed by atoms with van der Waals surface area (Å²) in [6.45, 7) is 0. The number of aromatic nitrogens is 2. The summed E-state index contributed by atoms with van der Waals surface area (Å²) in [6, 6.07) is 8.74. The van der Waals surface area contributed by atoms with Gasteiger partial charge in [0.15, 0.2) is 0 Å². The van der Waals surface area contributed by atoms with Crippen LogP contribution in [0.4, 0.5) is 0 Å². The van der Waals surface area contributed by atoms with Gasteiger partial charge in [0, 0.05) is 0 Å². The number of hydrogen-bond acceptors (Lipinski definition) is 2. The van der Waals surface area contributed by atoms with E-state index in [-0.39, 0.29) is 0 Å². The molecule has 0 saturated carbocycles. The summed E-state index contributed by atoms with van der Waals surface area (Å²) in [5, 5.41) is 8.65. The molecule has 1 N–H and O–H groups in total. The van der Waals surface area contributed by atoms with Gasteiger partial charge in [0.05, 0.1) is 24.4 Å². The van der Waals surface area contributed by atoms with Crippen LogP contribution in [0, 0.1) is 11.3 Å². The number of nitrogens with zero attached hydrogens (tertiary/aromatic N) is 2. The quantitative estimate of drug-likeness (QED) is 0.872. The maximum atomic E-state index is 8.65. The molecule has 0 unspecified atom stereocenters. The van der Waals surface area contributed by atoms with Crippen LogP contribution in [0.5, 0.6) is 0 Å². The zero-order chi connectivity index (χ0) is 12.4. The van der Waals surface area contributed by atoms with Crippen LogP contribution < -0.4 is 0 Å². The topological polar surface area (TPSA) is 52.5 Å². The number of benzene rings is 1. The van der Waals surface area contributed by atoms with Crippen molar-refractivity contribution in [3.8, 4) is 17.3 Å². The number of hydrogen-bond donors (Lipinski definition) is 1. The Labute approximate surface area is 106 Å². The fraction of sp³-hybridized carbons (Fsp3) is 0.333. The molecule has 1 aromatic heterocycles. The summed E-state index contributed by atoms with van der Waals surface area (Å²) in [4.78, 5) is 7.42. The first-order chi connectivity index (χ1) is 8.86. The van der Waals surface area contributed by atoms with Gasteiger partial charge in [0.1, 0.15) is 5.82 Å². The summed E-state index contributed by atoms with van der Waals surface area (Å²) in [7, 11) is 0. The molecule has 0 fully saturated rings. The number of nitrogens with one attached hydrogen (secondary N) is 1. The van der Waals surface area contributed by atoms with E-state index in [9.17, 15) is 0 Å². The molecule has 0 spiro atoms. The van der Waals surface area contributed by atoms with E-state index in [0.29, 0.717) is 6.42 Å². The van der Waals surface area contributed by atoms with E-state index in [1.807, 2.05) is 6.20 Å². The maximum absolute atomic E-state index is 8.65. The summed E-state index contributed by atoms with van der Waals surface area (Å²) in [5.74, 6) is 0.741. The molecule has 3 heteroatoms. The third kappa shape index (κ3) is 2.02. The number of aromatic amines is 1. The Hall–Kier alpha value is -2.08. The van der Waals surface area contributed by atoms with Crippen LogP contribution in [0.15, 0.2) is 24.4 Å². The Morgan fingerprint density at radius 3 is 2.89 bits per heavy atom. The largest absolute Gasteiger partial charge is 0.341 e. The molecule has 1 aliphatic carbocycles. The van der Waals surface area contributed by atoms with E-state index in [4.69, 9.17) is 5.26 Å².